The van der Waals surface area contributed by atoms with E-state index in [2.05, 4.69) is 16.0 Å². The van der Waals surface area contributed by atoms with Crippen LogP contribution in [0.4, 0.5) is 4.39 Å². The number of hydrogen-bond donors (Lipinski definition) is 0. The monoisotopic (exact) mass is 505 g/mol. The Labute approximate surface area is 213 Å². The average molecular weight is 506 g/mol. The number of ether oxygens (including phenoxy) is 1. The molecular weight excluding hydrogens is 481 g/mol. The van der Waals surface area contributed by atoms with E-state index in [1.165, 1.54) is 6.07 Å². The Morgan fingerprint density at radius 2 is 2.06 bits per heavy atom. The molecule has 1 aromatic carbocycles. The van der Waals surface area contributed by atoms with Crippen molar-refractivity contribution in [3.05, 3.63) is 70.3 Å². The minimum absolute atomic E-state index is 0.184. The second-order valence-corrected chi connectivity index (χ2v) is 9.86. The van der Waals surface area contributed by atoms with E-state index < -0.39 is 11.2 Å². The van der Waals surface area contributed by atoms with Gasteiger partial charge in [0.2, 0.25) is 5.88 Å². The summed E-state index contributed by atoms with van der Waals surface area (Å²) in [5, 5.41) is 14.6. The number of hydrogen-bond acceptors (Lipinski definition) is 6. The van der Waals surface area contributed by atoms with Crippen LogP contribution in [0.2, 0.25) is 5.02 Å². The van der Waals surface area contributed by atoms with Crippen LogP contribution in [0.3, 0.4) is 0 Å². The highest BCUT2D eigenvalue weighted by Crippen LogP contribution is 2.40. The molecule has 0 fully saturated rings. The molecule has 3 aromatic heterocycles. The van der Waals surface area contributed by atoms with Crippen LogP contribution in [0.1, 0.15) is 55.3 Å². The molecular formula is C26H25ClFN7O. The number of nitriles is 1. The van der Waals surface area contributed by atoms with Crippen molar-refractivity contribution in [2.24, 2.45) is 0 Å². The number of aromatic nitrogens is 6. The maximum Gasteiger partial charge on any atom is 0.238 e. The molecule has 1 aliphatic heterocycles. The zero-order valence-electron chi connectivity index (χ0n) is 20.5. The summed E-state index contributed by atoms with van der Waals surface area (Å²) >= 11 is 6.52. The van der Waals surface area contributed by atoms with Crippen LogP contribution in [0.15, 0.2) is 36.8 Å². The molecule has 0 unspecified atom stereocenters. The number of aryl methyl sites for hydroxylation is 2. The Bertz CT molecular complexity index is 1500. The Balaban J connectivity index is 1.55. The zero-order valence-corrected chi connectivity index (χ0v) is 21.2. The van der Waals surface area contributed by atoms with E-state index in [4.69, 9.17) is 26.4 Å². The maximum absolute atomic E-state index is 14.7. The molecule has 0 spiro atoms. The van der Waals surface area contributed by atoms with Crippen LogP contribution in [0.5, 0.6) is 5.88 Å². The maximum atomic E-state index is 14.7. The number of fused-ring (bicyclic) bond motifs is 1. The SMILES string of the molecule is COc1nc(-c2nc3n(n2)CCC[C@@H]3c2cc(C(C)(C)C#N)c(F)cc2Cl)ccc1-n1cnc(C)c1. The summed E-state index contributed by atoms with van der Waals surface area (Å²) in [5.74, 6) is 0.966. The first kappa shape index (κ1) is 23.9. The molecule has 36 heavy (non-hydrogen) atoms. The van der Waals surface area contributed by atoms with E-state index in [0.717, 1.165) is 35.6 Å². The average Bonchev–Trinajstić information content (AvgIpc) is 3.50. The summed E-state index contributed by atoms with van der Waals surface area (Å²) in [5.41, 5.74) is 2.29. The molecule has 0 bridgehead atoms. The summed E-state index contributed by atoms with van der Waals surface area (Å²) in [6, 6.07) is 8.93. The van der Waals surface area contributed by atoms with Crippen LogP contribution in [-0.4, -0.2) is 36.4 Å². The van der Waals surface area contributed by atoms with Gasteiger partial charge in [0.25, 0.3) is 0 Å². The summed E-state index contributed by atoms with van der Waals surface area (Å²) in [4.78, 5) is 13.8. The number of methoxy groups -OCH3 is 1. The molecule has 8 nitrogen and oxygen atoms in total. The van der Waals surface area contributed by atoms with E-state index in [1.54, 1.807) is 33.4 Å². The zero-order chi connectivity index (χ0) is 25.6. The van der Waals surface area contributed by atoms with E-state index in [-0.39, 0.29) is 5.92 Å². The van der Waals surface area contributed by atoms with Gasteiger partial charge in [-0.05, 0) is 63.4 Å². The van der Waals surface area contributed by atoms with E-state index in [0.29, 0.717) is 34.5 Å². The fraction of sp³-hybridized carbons (Fsp3) is 0.346. The fourth-order valence-electron chi connectivity index (χ4n) is 4.58. The van der Waals surface area contributed by atoms with Gasteiger partial charge >= 0.3 is 0 Å². The molecule has 10 heteroatoms. The summed E-state index contributed by atoms with van der Waals surface area (Å²) in [6.07, 6.45) is 5.25. The lowest BCUT2D eigenvalue weighted by molar-refractivity contribution is 0.396. The molecule has 0 radical (unpaired) electrons. The number of pyridine rings is 1. The molecule has 4 aromatic rings. The Hall–Kier alpha value is -3.77. The fourth-order valence-corrected chi connectivity index (χ4v) is 4.87. The molecule has 184 valence electrons. The van der Waals surface area contributed by atoms with Crippen molar-refractivity contribution in [2.75, 3.05) is 7.11 Å². The predicted molar refractivity (Wildman–Crippen MR) is 133 cm³/mol. The Kier molecular flexibility index (Phi) is 6.00. The van der Waals surface area contributed by atoms with E-state index in [9.17, 15) is 9.65 Å². The van der Waals surface area contributed by atoms with Gasteiger partial charge in [-0.15, -0.1) is 5.10 Å². The van der Waals surface area contributed by atoms with Crippen LogP contribution in [-0.2, 0) is 12.0 Å². The number of halogens is 2. The normalized spacial score (nSPS) is 15.4. The van der Waals surface area contributed by atoms with Gasteiger partial charge in [-0.1, -0.05) is 11.6 Å². The summed E-state index contributed by atoms with van der Waals surface area (Å²) in [7, 11) is 1.57. The van der Waals surface area contributed by atoms with Gasteiger partial charge < -0.3 is 9.30 Å². The number of rotatable bonds is 5. The molecule has 0 saturated carbocycles. The largest absolute Gasteiger partial charge is 0.479 e. The predicted octanol–water partition coefficient (Wildman–Crippen LogP) is 5.36. The highest BCUT2D eigenvalue weighted by atomic mass is 35.5. The molecule has 0 amide bonds. The van der Waals surface area contributed by atoms with E-state index in [1.807, 2.05) is 34.5 Å². The van der Waals surface area contributed by atoms with Gasteiger partial charge in [0.05, 0.1) is 30.6 Å². The summed E-state index contributed by atoms with van der Waals surface area (Å²) in [6.45, 7) is 6.01. The quantitative estimate of drug-likeness (QED) is 0.362. The first-order valence-electron chi connectivity index (χ1n) is 11.6. The molecule has 1 aliphatic rings. The highest BCUT2D eigenvalue weighted by Gasteiger charge is 2.32. The van der Waals surface area contributed by atoms with Gasteiger partial charge in [0.1, 0.15) is 23.0 Å². The Morgan fingerprint density at radius 3 is 2.75 bits per heavy atom. The first-order chi connectivity index (χ1) is 17.2. The lowest BCUT2D eigenvalue weighted by atomic mass is 9.82. The topological polar surface area (TPSA) is 94.4 Å². The number of nitrogens with zero attached hydrogens (tertiary/aromatic N) is 7. The molecule has 1 atom stereocenters. The van der Waals surface area contributed by atoms with Crippen molar-refractivity contribution >= 4 is 11.6 Å². The van der Waals surface area contributed by atoms with Crippen molar-refractivity contribution < 1.29 is 9.13 Å². The van der Waals surface area contributed by atoms with Crippen LogP contribution >= 0.6 is 11.6 Å². The molecule has 0 aliphatic carbocycles. The standard InChI is InChI=1S/C26H25ClFN7O/c1-15-12-34(14-30-15)22-8-7-21(31-25(22)36-4)23-32-24-16(6-5-9-35(24)33-23)17-10-18(26(2,3)13-29)20(28)11-19(17)27/h7-8,10-12,14,16H,5-6,9H2,1-4H3/t16-/m1/s1. The molecule has 0 saturated heterocycles. The van der Waals surface area contributed by atoms with Crippen molar-refractivity contribution in [2.45, 2.75) is 51.5 Å². The number of benzene rings is 1. The van der Waals surface area contributed by atoms with Crippen molar-refractivity contribution in [1.82, 2.24) is 29.3 Å². The third-order valence-corrected chi connectivity index (χ3v) is 6.87. The van der Waals surface area contributed by atoms with Gasteiger partial charge in [-0.3, -0.25) is 0 Å². The number of imidazole rings is 1. The third kappa shape index (κ3) is 4.11. The van der Waals surface area contributed by atoms with Crippen molar-refractivity contribution in [3.63, 3.8) is 0 Å². The minimum atomic E-state index is -0.993. The van der Waals surface area contributed by atoms with Crippen LogP contribution in [0, 0.1) is 24.1 Å². The Morgan fingerprint density at radius 1 is 1.25 bits per heavy atom. The van der Waals surface area contributed by atoms with Gasteiger partial charge in [-0.2, -0.15) is 5.26 Å². The van der Waals surface area contributed by atoms with Crippen molar-refractivity contribution in [1.29, 1.82) is 5.26 Å². The molecule has 4 heterocycles. The highest BCUT2D eigenvalue weighted by molar-refractivity contribution is 6.31. The lowest BCUT2D eigenvalue weighted by Crippen LogP contribution is -2.21. The van der Waals surface area contributed by atoms with Gasteiger partial charge in [-0.25, -0.2) is 24.0 Å². The van der Waals surface area contributed by atoms with Crippen LogP contribution < -0.4 is 4.74 Å². The third-order valence-electron chi connectivity index (χ3n) is 6.54. The lowest BCUT2D eigenvalue weighted by Gasteiger charge is -2.25. The van der Waals surface area contributed by atoms with Crippen LogP contribution in [0.25, 0.3) is 17.2 Å². The molecule has 5 rings (SSSR count). The summed E-state index contributed by atoms with van der Waals surface area (Å²) < 4.78 is 24.0. The smallest absolute Gasteiger partial charge is 0.238 e. The molecule has 0 N–H and O–H groups in total. The van der Waals surface area contributed by atoms with Gasteiger partial charge in [0, 0.05) is 29.2 Å². The van der Waals surface area contributed by atoms with E-state index >= 15 is 0 Å². The van der Waals surface area contributed by atoms with Crippen molar-refractivity contribution in [3.8, 4) is 29.2 Å². The van der Waals surface area contributed by atoms with Gasteiger partial charge in [0.15, 0.2) is 5.82 Å². The second kappa shape index (κ2) is 9.03. The second-order valence-electron chi connectivity index (χ2n) is 9.45. The minimum Gasteiger partial charge on any atom is -0.479 e. The first-order valence-corrected chi connectivity index (χ1v) is 12.0.